The molecule has 0 amide bonds. The van der Waals surface area contributed by atoms with Crippen LogP contribution < -0.4 is 0 Å². The Bertz CT molecular complexity index is 228. The van der Waals surface area contributed by atoms with Crippen LogP contribution >= 0.6 is 0 Å². The summed E-state index contributed by atoms with van der Waals surface area (Å²) < 4.78 is 0. The molecule has 3 heteroatoms. The first-order chi connectivity index (χ1) is 7.54. The minimum Gasteiger partial charge on any atom is -0.480 e. The summed E-state index contributed by atoms with van der Waals surface area (Å²) in [5.74, 6) is 0.0983. The van der Waals surface area contributed by atoms with Crippen molar-refractivity contribution >= 4 is 5.97 Å². The molecular formula is C13H25NO2. The molecule has 2 atom stereocenters. The summed E-state index contributed by atoms with van der Waals surface area (Å²) in [6.07, 6.45) is 6.16. The Morgan fingerprint density at radius 3 is 2.62 bits per heavy atom. The maximum absolute atomic E-state index is 10.9. The van der Waals surface area contributed by atoms with Crippen LogP contribution in [0.1, 0.15) is 52.9 Å². The Labute approximate surface area is 98.8 Å². The number of hydrogen-bond acceptors (Lipinski definition) is 2. The molecule has 1 aliphatic rings. The summed E-state index contributed by atoms with van der Waals surface area (Å²) in [5, 5.41) is 8.94. The summed E-state index contributed by atoms with van der Waals surface area (Å²) >= 11 is 0. The van der Waals surface area contributed by atoms with Crippen LogP contribution in [-0.4, -0.2) is 34.6 Å². The van der Waals surface area contributed by atoms with E-state index >= 15 is 0 Å². The molecule has 1 saturated carbocycles. The van der Waals surface area contributed by atoms with Gasteiger partial charge in [-0.1, -0.05) is 26.2 Å². The maximum atomic E-state index is 10.9. The zero-order valence-corrected chi connectivity index (χ0v) is 10.8. The quantitative estimate of drug-likeness (QED) is 0.785. The molecular weight excluding hydrogens is 202 g/mol. The van der Waals surface area contributed by atoms with E-state index in [9.17, 15) is 4.79 Å². The van der Waals surface area contributed by atoms with Crippen molar-refractivity contribution in [1.82, 2.24) is 4.90 Å². The number of rotatable bonds is 5. The lowest BCUT2D eigenvalue weighted by atomic mass is 9.83. The van der Waals surface area contributed by atoms with Crippen molar-refractivity contribution in [2.45, 2.75) is 65.0 Å². The highest BCUT2D eigenvalue weighted by atomic mass is 16.4. The van der Waals surface area contributed by atoms with Crippen LogP contribution in [0.2, 0.25) is 0 Å². The molecule has 0 bridgehead atoms. The number of nitrogens with zero attached hydrogens (tertiary/aromatic N) is 1. The third kappa shape index (κ3) is 3.78. The molecule has 0 aromatic heterocycles. The van der Waals surface area contributed by atoms with Crippen LogP contribution in [0.15, 0.2) is 0 Å². The Morgan fingerprint density at radius 2 is 2.12 bits per heavy atom. The van der Waals surface area contributed by atoms with Crippen molar-refractivity contribution in [3.8, 4) is 0 Å². The first-order valence-electron chi connectivity index (χ1n) is 6.52. The lowest BCUT2D eigenvalue weighted by Gasteiger charge is -2.38. The summed E-state index contributed by atoms with van der Waals surface area (Å²) in [7, 11) is 0. The Balaban J connectivity index is 2.59. The topological polar surface area (TPSA) is 40.5 Å². The molecule has 0 spiro atoms. The Kier molecular flexibility index (Phi) is 5.26. The number of carbonyl (C=O) groups is 1. The first kappa shape index (κ1) is 13.5. The molecule has 0 aromatic rings. The number of carboxylic acids is 1. The van der Waals surface area contributed by atoms with Crippen molar-refractivity contribution in [3.05, 3.63) is 0 Å². The van der Waals surface area contributed by atoms with E-state index in [1.807, 2.05) is 0 Å². The minimum atomic E-state index is -0.702. The second kappa shape index (κ2) is 6.24. The van der Waals surface area contributed by atoms with Gasteiger partial charge in [-0.25, -0.2) is 0 Å². The zero-order valence-electron chi connectivity index (χ0n) is 10.8. The molecule has 1 fully saturated rings. The molecule has 0 radical (unpaired) electrons. The summed E-state index contributed by atoms with van der Waals surface area (Å²) in [4.78, 5) is 13.0. The predicted molar refractivity (Wildman–Crippen MR) is 65.5 cm³/mol. The van der Waals surface area contributed by atoms with Gasteiger partial charge in [-0.15, -0.1) is 0 Å². The first-order valence-corrected chi connectivity index (χ1v) is 6.52. The zero-order chi connectivity index (χ0) is 12.1. The smallest absolute Gasteiger partial charge is 0.317 e. The molecule has 1 aliphatic carbocycles. The molecule has 16 heavy (non-hydrogen) atoms. The molecule has 94 valence electrons. The van der Waals surface area contributed by atoms with E-state index in [1.165, 1.54) is 32.1 Å². The third-order valence-corrected chi connectivity index (χ3v) is 3.78. The van der Waals surface area contributed by atoms with Crippen molar-refractivity contribution in [2.24, 2.45) is 5.92 Å². The second-order valence-corrected chi connectivity index (χ2v) is 5.25. The van der Waals surface area contributed by atoms with Gasteiger partial charge in [0.2, 0.25) is 0 Å². The van der Waals surface area contributed by atoms with Gasteiger partial charge in [0.1, 0.15) is 0 Å². The van der Waals surface area contributed by atoms with E-state index in [4.69, 9.17) is 5.11 Å². The van der Waals surface area contributed by atoms with Crippen molar-refractivity contribution in [2.75, 3.05) is 6.54 Å². The minimum absolute atomic E-state index is 0.193. The molecule has 1 rings (SSSR count). The second-order valence-electron chi connectivity index (χ2n) is 5.25. The van der Waals surface area contributed by atoms with Gasteiger partial charge >= 0.3 is 5.97 Å². The Hall–Kier alpha value is -0.570. The number of hydrogen-bond donors (Lipinski definition) is 1. The van der Waals surface area contributed by atoms with Gasteiger partial charge < -0.3 is 5.11 Å². The Morgan fingerprint density at radius 1 is 1.44 bits per heavy atom. The number of carboxylic acid groups (broad SMARTS) is 1. The summed E-state index contributed by atoms with van der Waals surface area (Å²) in [6.45, 7) is 6.62. The van der Waals surface area contributed by atoms with Crippen LogP contribution in [0.25, 0.3) is 0 Å². The van der Waals surface area contributed by atoms with Gasteiger partial charge in [-0.3, -0.25) is 9.69 Å². The fourth-order valence-corrected chi connectivity index (χ4v) is 2.82. The lowest BCUT2D eigenvalue weighted by molar-refractivity contribution is -0.139. The summed E-state index contributed by atoms with van der Waals surface area (Å²) in [5.41, 5.74) is 0. The molecule has 0 aromatic carbocycles. The SMILES string of the molecule is CCC1CCCC(N(CC(=O)O)C(C)C)C1. The van der Waals surface area contributed by atoms with Gasteiger partial charge in [0.25, 0.3) is 0 Å². The van der Waals surface area contributed by atoms with E-state index in [2.05, 4.69) is 25.7 Å². The van der Waals surface area contributed by atoms with Crippen LogP contribution in [0.3, 0.4) is 0 Å². The van der Waals surface area contributed by atoms with Crippen molar-refractivity contribution < 1.29 is 9.90 Å². The van der Waals surface area contributed by atoms with Crippen LogP contribution in [0.5, 0.6) is 0 Å². The van der Waals surface area contributed by atoms with Gasteiger partial charge in [0.05, 0.1) is 6.54 Å². The van der Waals surface area contributed by atoms with E-state index in [-0.39, 0.29) is 6.54 Å². The fourth-order valence-electron chi connectivity index (χ4n) is 2.82. The van der Waals surface area contributed by atoms with Crippen molar-refractivity contribution in [3.63, 3.8) is 0 Å². The van der Waals surface area contributed by atoms with Gasteiger partial charge in [0, 0.05) is 12.1 Å². The van der Waals surface area contributed by atoms with E-state index in [0.717, 1.165) is 5.92 Å². The highest BCUT2D eigenvalue weighted by molar-refractivity contribution is 5.69. The van der Waals surface area contributed by atoms with Crippen LogP contribution in [0, 0.1) is 5.92 Å². The summed E-state index contributed by atoms with van der Waals surface area (Å²) in [6, 6.07) is 0.812. The van der Waals surface area contributed by atoms with E-state index < -0.39 is 5.97 Å². The van der Waals surface area contributed by atoms with Gasteiger partial charge in [-0.05, 0) is 32.6 Å². The maximum Gasteiger partial charge on any atom is 0.317 e. The number of aliphatic carboxylic acids is 1. The molecule has 0 saturated heterocycles. The average molecular weight is 227 g/mol. The lowest BCUT2D eigenvalue weighted by Crippen LogP contribution is -2.45. The average Bonchev–Trinajstić information content (AvgIpc) is 2.25. The monoisotopic (exact) mass is 227 g/mol. The standard InChI is InChI=1S/C13H25NO2/c1-4-11-6-5-7-12(8-11)14(10(2)3)9-13(15)16/h10-12H,4-9H2,1-3H3,(H,15,16). The normalized spacial score (nSPS) is 26.3. The molecule has 0 aliphatic heterocycles. The van der Waals surface area contributed by atoms with Crippen LogP contribution in [0.4, 0.5) is 0 Å². The highest BCUT2D eigenvalue weighted by Gasteiger charge is 2.28. The fraction of sp³-hybridized carbons (Fsp3) is 0.923. The highest BCUT2D eigenvalue weighted by Crippen LogP contribution is 2.30. The largest absolute Gasteiger partial charge is 0.480 e. The molecule has 0 heterocycles. The third-order valence-electron chi connectivity index (χ3n) is 3.78. The van der Waals surface area contributed by atoms with E-state index in [0.29, 0.717) is 12.1 Å². The van der Waals surface area contributed by atoms with Gasteiger partial charge in [0.15, 0.2) is 0 Å². The predicted octanol–water partition coefficient (Wildman–Crippen LogP) is 2.75. The molecule has 2 unspecified atom stereocenters. The van der Waals surface area contributed by atoms with Crippen molar-refractivity contribution in [1.29, 1.82) is 0 Å². The molecule has 3 nitrogen and oxygen atoms in total. The van der Waals surface area contributed by atoms with E-state index in [1.54, 1.807) is 0 Å². The van der Waals surface area contributed by atoms with Crippen LogP contribution in [-0.2, 0) is 4.79 Å². The molecule has 1 N–H and O–H groups in total. The van der Waals surface area contributed by atoms with Gasteiger partial charge in [-0.2, -0.15) is 0 Å².